The third kappa shape index (κ3) is 3.30. The van der Waals surface area contributed by atoms with Crippen LogP contribution in [0.1, 0.15) is 39.5 Å². The predicted octanol–water partition coefficient (Wildman–Crippen LogP) is 1.67. The van der Waals surface area contributed by atoms with Gasteiger partial charge in [-0.15, -0.1) is 0 Å². The first-order chi connectivity index (χ1) is 12.7. The zero-order valence-electron chi connectivity index (χ0n) is 15.3. The Bertz CT molecular complexity index is 777. The van der Waals surface area contributed by atoms with Crippen LogP contribution in [0.4, 0.5) is 11.6 Å². The van der Waals surface area contributed by atoms with Gasteiger partial charge in [-0.2, -0.15) is 0 Å². The van der Waals surface area contributed by atoms with Crippen molar-refractivity contribution in [1.82, 2.24) is 25.2 Å². The number of carbonyl (C=O) groups excluding carboxylic acids is 1. The van der Waals surface area contributed by atoms with Crippen molar-refractivity contribution in [1.29, 1.82) is 0 Å². The average Bonchev–Trinajstić information content (AvgIpc) is 3.36. The van der Waals surface area contributed by atoms with E-state index in [-0.39, 0.29) is 11.8 Å². The van der Waals surface area contributed by atoms with E-state index in [4.69, 9.17) is 4.63 Å². The molecule has 26 heavy (non-hydrogen) atoms. The van der Waals surface area contributed by atoms with Gasteiger partial charge in [-0.1, -0.05) is 0 Å². The smallest absolute Gasteiger partial charge is 0.245 e. The minimum absolute atomic E-state index is 0.0939. The second-order valence-electron chi connectivity index (χ2n) is 7.00. The molecule has 0 spiro atoms. The molecule has 1 N–H and O–H groups in total. The molecule has 3 heterocycles. The highest BCUT2D eigenvalue weighted by Gasteiger charge is 2.31. The van der Waals surface area contributed by atoms with E-state index >= 15 is 0 Å². The monoisotopic (exact) mass is 359 g/mol. The minimum Gasteiger partial charge on any atom is -0.364 e. The number of anilines is 2. The van der Waals surface area contributed by atoms with Crippen molar-refractivity contribution in [3.63, 3.8) is 0 Å². The summed E-state index contributed by atoms with van der Waals surface area (Å²) in [6, 6.07) is 0.460. The number of hydrogen-bond acceptors (Lipinski definition) is 8. The van der Waals surface area contributed by atoms with Gasteiger partial charge in [0.15, 0.2) is 11.6 Å². The molecule has 1 saturated carbocycles. The Kier molecular flexibility index (Phi) is 4.60. The molecular formula is C17H25N7O2. The Morgan fingerprint density at radius 3 is 2.38 bits per heavy atom. The Balaban J connectivity index is 1.50. The number of aromatic nitrogens is 4. The van der Waals surface area contributed by atoms with Gasteiger partial charge in [0.05, 0.1) is 0 Å². The Morgan fingerprint density at radius 1 is 1.12 bits per heavy atom. The van der Waals surface area contributed by atoms with Crippen LogP contribution in [0, 0.1) is 5.92 Å². The number of amides is 1. The highest BCUT2D eigenvalue weighted by molar-refractivity contribution is 5.79. The maximum atomic E-state index is 12.6. The standard InChI is InChI=1S/C17H25N7O2/c1-3-23(4-2)17(25)11-7-9-24(10-8-11)16-15(18-12-5-6-12)19-13-14(20-16)22-26-21-13/h11-12H,3-10H2,1-2H3,(H,18,19,21). The lowest BCUT2D eigenvalue weighted by Gasteiger charge is -2.34. The molecule has 9 nitrogen and oxygen atoms in total. The third-order valence-electron chi connectivity index (χ3n) is 5.23. The van der Waals surface area contributed by atoms with Gasteiger partial charge in [0.25, 0.3) is 0 Å². The quantitative estimate of drug-likeness (QED) is 0.831. The van der Waals surface area contributed by atoms with Crippen LogP contribution in [0.3, 0.4) is 0 Å². The molecule has 4 rings (SSSR count). The summed E-state index contributed by atoms with van der Waals surface area (Å²) in [4.78, 5) is 25.9. The van der Waals surface area contributed by atoms with Crippen LogP contribution in [0.2, 0.25) is 0 Å². The molecule has 140 valence electrons. The molecular weight excluding hydrogens is 334 g/mol. The molecule has 0 atom stereocenters. The molecule has 1 aliphatic heterocycles. The van der Waals surface area contributed by atoms with Crippen molar-refractivity contribution in [2.45, 2.75) is 45.6 Å². The van der Waals surface area contributed by atoms with Crippen molar-refractivity contribution >= 4 is 28.8 Å². The van der Waals surface area contributed by atoms with Crippen molar-refractivity contribution in [3.05, 3.63) is 0 Å². The van der Waals surface area contributed by atoms with Gasteiger partial charge in [0.1, 0.15) is 0 Å². The fourth-order valence-corrected chi connectivity index (χ4v) is 3.50. The highest BCUT2D eigenvalue weighted by atomic mass is 16.6. The van der Waals surface area contributed by atoms with E-state index in [0.29, 0.717) is 17.3 Å². The molecule has 0 aromatic carbocycles. The molecule has 0 bridgehead atoms. The zero-order chi connectivity index (χ0) is 18.1. The fourth-order valence-electron chi connectivity index (χ4n) is 3.50. The summed E-state index contributed by atoms with van der Waals surface area (Å²) in [5.41, 5.74) is 0.839. The van der Waals surface area contributed by atoms with Gasteiger partial charge in [0, 0.05) is 38.1 Å². The van der Waals surface area contributed by atoms with Crippen molar-refractivity contribution < 1.29 is 9.42 Å². The fraction of sp³-hybridized carbons (Fsp3) is 0.706. The molecule has 1 aliphatic carbocycles. The molecule has 0 unspecified atom stereocenters. The van der Waals surface area contributed by atoms with E-state index in [0.717, 1.165) is 63.5 Å². The van der Waals surface area contributed by atoms with Gasteiger partial charge >= 0.3 is 0 Å². The maximum Gasteiger partial charge on any atom is 0.245 e. The van der Waals surface area contributed by atoms with E-state index in [1.54, 1.807) is 0 Å². The minimum atomic E-state index is 0.0939. The molecule has 1 saturated heterocycles. The highest BCUT2D eigenvalue weighted by Crippen LogP contribution is 2.32. The lowest BCUT2D eigenvalue weighted by Crippen LogP contribution is -2.43. The predicted molar refractivity (Wildman–Crippen MR) is 96.9 cm³/mol. The normalized spacial score (nSPS) is 18.3. The van der Waals surface area contributed by atoms with Crippen molar-refractivity contribution in [3.8, 4) is 0 Å². The number of nitrogens with one attached hydrogen (secondary N) is 1. The van der Waals surface area contributed by atoms with Crippen LogP contribution in [-0.4, -0.2) is 63.3 Å². The summed E-state index contributed by atoms with van der Waals surface area (Å²) >= 11 is 0. The molecule has 9 heteroatoms. The van der Waals surface area contributed by atoms with E-state index in [1.807, 2.05) is 18.7 Å². The number of rotatable bonds is 6. The van der Waals surface area contributed by atoms with E-state index in [1.165, 1.54) is 0 Å². The van der Waals surface area contributed by atoms with Gasteiger partial charge in [-0.3, -0.25) is 4.79 Å². The van der Waals surface area contributed by atoms with Gasteiger partial charge in [-0.05, 0) is 49.8 Å². The number of hydrogen-bond donors (Lipinski definition) is 1. The zero-order valence-corrected chi connectivity index (χ0v) is 15.3. The van der Waals surface area contributed by atoms with Gasteiger partial charge in [-0.25, -0.2) is 14.6 Å². The molecule has 2 aromatic rings. The lowest BCUT2D eigenvalue weighted by molar-refractivity contribution is -0.135. The molecule has 2 aromatic heterocycles. The Labute approximate surface area is 152 Å². The number of nitrogens with zero attached hydrogens (tertiary/aromatic N) is 6. The summed E-state index contributed by atoms with van der Waals surface area (Å²) in [6.07, 6.45) is 3.96. The molecule has 2 aliphatic rings. The first-order valence-electron chi connectivity index (χ1n) is 9.50. The van der Waals surface area contributed by atoms with Crippen molar-refractivity contribution in [2.75, 3.05) is 36.4 Å². The summed E-state index contributed by atoms with van der Waals surface area (Å²) in [5, 5.41) is 11.1. The van der Waals surface area contributed by atoms with Crippen LogP contribution in [0.5, 0.6) is 0 Å². The van der Waals surface area contributed by atoms with Crippen LogP contribution in [0.15, 0.2) is 4.63 Å². The molecule has 1 amide bonds. The Hall–Kier alpha value is -2.45. The lowest BCUT2D eigenvalue weighted by atomic mass is 9.95. The summed E-state index contributed by atoms with van der Waals surface area (Å²) in [5.74, 6) is 1.89. The summed E-state index contributed by atoms with van der Waals surface area (Å²) < 4.78 is 4.76. The van der Waals surface area contributed by atoms with E-state index < -0.39 is 0 Å². The number of carbonyl (C=O) groups is 1. The topological polar surface area (TPSA) is 100 Å². The molecule has 0 radical (unpaired) electrons. The maximum absolute atomic E-state index is 12.6. The first-order valence-corrected chi connectivity index (χ1v) is 9.50. The van der Waals surface area contributed by atoms with Crippen LogP contribution >= 0.6 is 0 Å². The van der Waals surface area contributed by atoms with E-state index in [2.05, 4.69) is 30.5 Å². The largest absolute Gasteiger partial charge is 0.364 e. The first kappa shape index (κ1) is 17.0. The number of fused-ring (bicyclic) bond motifs is 1. The van der Waals surface area contributed by atoms with Gasteiger partial charge < -0.3 is 15.1 Å². The van der Waals surface area contributed by atoms with Crippen LogP contribution in [-0.2, 0) is 4.79 Å². The van der Waals surface area contributed by atoms with Gasteiger partial charge in [0.2, 0.25) is 17.2 Å². The average molecular weight is 359 g/mol. The molecule has 2 fully saturated rings. The SMILES string of the molecule is CCN(CC)C(=O)C1CCN(c2nc3nonc3nc2NC2CC2)CC1. The summed E-state index contributed by atoms with van der Waals surface area (Å²) in [6.45, 7) is 7.16. The van der Waals surface area contributed by atoms with Crippen molar-refractivity contribution in [2.24, 2.45) is 5.92 Å². The van der Waals surface area contributed by atoms with E-state index in [9.17, 15) is 4.79 Å². The second-order valence-corrected chi connectivity index (χ2v) is 7.00. The Morgan fingerprint density at radius 2 is 1.77 bits per heavy atom. The van der Waals surface area contributed by atoms with Crippen LogP contribution < -0.4 is 10.2 Å². The van der Waals surface area contributed by atoms with Crippen LogP contribution in [0.25, 0.3) is 11.3 Å². The second kappa shape index (κ2) is 7.05. The third-order valence-corrected chi connectivity index (χ3v) is 5.23. The number of piperidine rings is 1. The summed E-state index contributed by atoms with van der Waals surface area (Å²) in [7, 11) is 0.